The highest BCUT2D eigenvalue weighted by molar-refractivity contribution is 9.10. The molecular weight excluding hydrogens is 350 g/mol. The molecule has 1 aromatic heterocycles. The molecule has 0 saturated heterocycles. The van der Waals surface area contributed by atoms with Crippen LogP contribution in [0, 0.1) is 0 Å². The van der Waals surface area contributed by atoms with E-state index in [0.717, 1.165) is 5.56 Å². The summed E-state index contributed by atoms with van der Waals surface area (Å²) in [7, 11) is 1.73. The molecule has 5 nitrogen and oxygen atoms in total. The summed E-state index contributed by atoms with van der Waals surface area (Å²) in [6.07, 6.45) is 0.940. The molecule has 2 aromatic rings. The zero-order chi connectivity index (χ0) is 16.1. The summed E-state index contributed by atoms with van der Waals surface area (Å²) in [6.45, 7) is 0.419. The van der Waals surface area contributed by atoms with Crippen LogP contribution in [-0.4, -0.2) is 28.9 Å². The first-order chi connectivity index (χ1) is 10.5. The Labute approximate surface area is 136 Å². The fourth-order valence-electron chi connectivity index (χ4n) is 2.01. The van der Waals surface area contributed by atoms with Gasteiger partial charge in [-0.3, -0.25) is 4.79 Å². The van der Waals surface area contributed by atoms with E-state index in [2.05, 4.69) is 15.9 Å². The van der Waals surface area contributed by atoms with Crippen molar-refractivity contribution >= 4 is 27.8 Å². The Hall–Kier alpha value is -2.08. The second-order valence-corrected chi connectivity index (χ2v) is 5.74. The number of nitrogens with zero attached hydrogens (tertiary/aromatic N) is 1. The molecule has 0 spiro atoms. The highest BCUT2D eigenvalue weighted by Crippen LogP contribution is 2.16. The number of hydrogen-bond donors (Lipinski definition) is 1. The number of furan rings is 1. The predicted molar refractivity (Wildman–Crippen MR) is 84.6 cm³/mol. The van der Waals surface area contributed by atoms with E-state index < -0.39 is 5.97 Å². The average Bonchev–Trinajstić information content (AvgIpc) is 2.90. The minimum absolute atomic E-state index is 0.00911. The number of benzene rings is 1. The summed E-state index contributed by atoms with van der Waals surface area (Å²) < 4.78 is 6.01. The molecule has 0 fully saturated rings. The maximum Gasteiger partial charge on any atom is 0.335 e. The van der Waals surface area contributed by atoms with Crippen molar-refractivity contribution in [3.8, 4) is 0 Å². The van der Waals surface area contributed by atoms with Crippen LogP contribution >= 0.6 is 15.9 Å². The number of carbonyl (C=O) groups excluding carboxylic acids is 1. The van der Waals surface area contributed by atoms with Gasteiger partial charge in [0, 0.05) is 13.5 Å². The summed E-state index contributed by atoms with van der Waals surface area (Å²) in [5, 5.41) is 8.84. The molecule has 0 aliphatic rings. The van der Waals surface area contributed by atoms with E-state index in [-0.39, 0.29) is 11.5 Å². The maximum atomic E-state index is 12.1. The number of amides is 1. The third-order valence-corrected chi connectivity index (χ3v) is 3.70. The van der Waals surface area contributed by atoms with Crippen molar-refractivity contribution in [2.75, 3.05) is 7.05 Å². The van der Waals surface area contributed by atoms with Crippen LogP contribution in [0.4, 0.5) is 0 Å². The van der Waals surface area contributed by atoms with Crippen molar-refractivity contribution < 1.29 is 19.1 Å². The van der Waals surface area contributed by atoms with E-state index in [0.29, 0.717) is 29.8 Å². The Morgan fingerprint density at radius 1 is 1.18 bits per heavy atom. The SMILES string of the molecule is CN(Cc1ccc(Br)o1)C(=O)CCc1ccc(C(=O)O)cc1. The van der Waals surface area contributed by atoms with Gasteiger partial charge in [-0.15, -0.1) is 0 Å². The molecule has 0 radical (unpaired) electrons. The van der Waals surface area contributed by atoms with Gasteiger partial charge in [-0.2, -0.15) is 0 Å². The first-order valence-corrected chi connectivity index (χ1v) is 7.55. The van der Waals surface area contributed by atoms with E-state index in [1.165, 1.54) is 0 Å². The molecule has 0 aliphatic carbocycles. The van der Waals surface area contributed by atoms with E-state index >= 15 is 0 Å². The lowest BCUT2D eigenvalue weighted by Gasteiger charge is -2.15. The molecule has 0 unspecified atom stereocenters. The molecule has 0 aliphatic heterocycles. The minimum atomic E-state index is -0.952. The van der Waals surface area contributed by atoms with Crippen molar-refractivity contribution in [2.45, 2.75) is 19.4 Å². The van der Waals surface area contributed by atoms with Gasteiger partial charge in [0.1, 0.15) is 5.76 Å². The van der Waals surface area contributed by atoms with Gasteiger partial charge in [-0.05, 0) is 52.2 Å². The number of carboxylic acid groups (broad SMARTS) is 1. The summed E-state index contributed by atoms with van der Waals surface area (Å²) in [5.74, 6) is -0.227. The highest BCUT2D eigenvalue weighted by Gasteiger charge is 2.11. The van der Waals surface area contributed by atoms with Crippen LogP contribution in [-0.2, 0) is 17.8 Å². The molecule has 6 heteroatoms. The topological polar surface area (TPSA) is 70.8 Å². The van der Waals surface area contributed by atoms with Crippen molar-refractivity contribution in [3.05, 3.63) is 58.0 Å². The normalized spacial score (nSPS) is 10.5. The van der Waals surface area contributed by atoms with Gasteiger partial charge in [0.15, 0.2) is 4.67 Å². The van der Waals surface area contributed by atoms with Gasteiger partial charge in [-0.25, -0.2) is 4.79 Å². The van der Waals surface area contributed by atoms with Crippen LogP contribution in [0.1, 0.15) is 28.1 Å². The maximum absolute atomic E-state index is 12.1. The number of carbonyl (C=O) groups is 2. The Bertz CT molecular complexity index is 663. The Kier molecular flexibility index (Phi) is 5.38. The second-order valence-electron chi connectivity index (χ2n) is 4.96. The van der Waals surface area contributed by atoms with Crippen LogP contribution in [0.25, 0.3) is 0 Å². The third kappa shape index (κ3) is 4.46. The van der Waals surface area contributed by atoms with E-state index in [1.807, 2.05) is 6.07 Å². The molecule has 2 rings (SSSR count). The average molecular weight is 366 g/mol. The van der Waals surface area contributed by atoms with Crippen molar-refractivity contribution in [3.63, 3.8) is 0 Å². The minimum Gasteiger partial charge on any atom is -0.478 e. The van der Waals surface area contributed by atoms with Crippen LogP contribution in [0.3, 0.4) is 0 Å². The van der Waals surface area contributed by atoms with Crippen LogP contribution in [0.2, 0.25) is 0 Å². The lowest BCUT2D eigenvalue weighted by atomic mass is 10.1. The first kappa shape index (κ1) is 16.3. The number of hydrogen-bond acceptors (Lipinski definition) is 3. The number of halogens is 1. The van der Waals surface area contributed by atoms with E-state index in [4.69, 9.17) is 9.52 Å². The Morgan fingerprint density at radius 3 is 2.41 bits per heavy atom. The standard InChI is InChI=1S/C16H16BrNO4/c1-18(10-13-7-8-14(17)22-13)15(19)9-4-11-2-5-12(6-3-11)16(20)21/h2-3,5-8H,4,9-10H2,1H3,(H,20,21). The number of rotatable bonds is 6. The van der Waals surface area contributed by atoms with E-state index in [9.17, 15) is 9.59 Å². The summed E-state index contributed by atoms with van der Waals surface area (Å²) in [5.41, 5.74) is 1.18. The molecule has 0 bridgehead atoms. The zero-order valence-corrected chi connectivity index (χ0v) is 13.7. The lowest BCUT2D eigenvalue weighted by Crippen LogP contribution is -2.26. The summed E-state index contributed by atoms with van der Waals surface area (Å²) in [6, 6.07) is 10.2. The summed E-state index contributed by atoms with van der Waals surface area (Å²) in [4.78, 5) is 24.5. The van der Waals surface area contributed by atoms with Crippen molar-refractivity contribution in [2.24, 2.45) is 0 Å². The zero-order valence-electron chi connectivity index (χ0n) is 12.1. The monoisotopic (exact) mass is 365 g/mol. The van der Waals surface area contributed by atoms with Gasteiger partial charge in [-0.1, -0.05) is 12.1 Å². The van der Waals surface area contributed by atoms with Crippen LogP contribution in [0.5, 0.6) is 0 Å². The molecule has 1 aromatic carbocycles. The second kappa shape index (κ2) is 7.26. The molecule has 1 heterocycles. The van der Waals surface area contributed by atoms with Gasteiger partial charge in [0.25, 0.3) is 0 Å². The fraction of sp³-hybridized carbons (Fsp3) is 0.250. The summed E-state index contributed by atoms with van der Waals surface area (Å²) >= 11 is 3.22. The van der Waals surface area contributed by atoms with E-state index in [1.54, 1.807) is 42.3 Å². The molecular formula is C16H16BrNO4. The lowest BCUT2D eigenvalue weighted by molar-refractivity contribution is -0.130. The molecule has 22 heavy (non-hydrogen) atoms. The molecule has 116 valence electrons. The highest BCUT2D eigenvalue weighted by atomic mass is 79.9. The Balaban J connectivity index is 1.85. The first-order valence-electron chi connectivity index (χ1n) is 6.76. The quantitative estimate of drug-likeness (QED) is 0.851. The Morgan fingerprint density at radius 2 is 1.86 bits per heavy atom. The smallest absolute Gasteiger partial charge is 0.335 e. The largest absolute Gasteiger partial charge is 0.478 e. The molecule has 0 atom stereocenters. The van der Waals surface area contributed by atoms with Gasteiger partial charge < -0.3 is 14.4 Å². The number of aryl methyl sites for hydroxylation is 1. The molecule has 0 saturated carbocycles. The number of carboxylic acids is 1. The van der Waals surface area contributed by atoms with Crippen LogP contribution < -0.4 is 0 Å². The fourth-order valence-corrected chi connectivity index (χ4v) is 2.35. The van der Waals surface area contributed by atoms with Gasteiger partial charge >= 0.3 is 5.97 Å². The van der Waals surface area contributed by atoms with Crippen LogP contribution in [0.15, 0.2) is 45.5 Å². The van der Waals surface area contributed by atoms with Gasteiger partial charge in [0.05, 0.1) is 12.1 Å². The number of aromatic carboxylic acids is 1. The predicted octanol–water partition coefficient (Wildman–Crippen LogP) is 3.33. The molecule has 1 amide bonds. The van der Waals surface area contributed by atoms with Gasteiger partial charge in [0.2, 0.25) is 5.91 Å². The molecule has 1 N–H and O–H groups in total. The third-order valence-electron chi connectivity index (χ3n) is 3.28. The van der Waals surface area contributed by atoms with Crippen molar-refractivity contribution in [1.29, 1.82) is 0 Å². The van der Waals surface area contributed by atoms with Crippen molar-refractivity contribution in [1.82, 2.24) is 4.90 Å².